The first-order valence-electron chi connectivity index (χ1n) is 5.74. The topological polar surface area (TPSA) is 17.8 Å². The number of halogens is 1. The van der Waals surface area contributed by atoms with Crippen LogP contribution < -0.4 is 0 Å². The van der Waals surface area contributed by atoms with Gasteiger partial charge in [-0.3, -0.25) is 0 Å². The van der Waals surface area contributed by atoms with Gasteiger partial charge >= 0.3 is 0 Å². The Bertz CT molecular complexity index is 538. The van der Waals surface area contributed by atoms with Gasteiger partial charge in [-0.15, -0.1) is 11.6 Å². The van der Waals surface area contributed by atoms with Gasteiger partial charge in [0.2, 0.25) is 0 Å². The van der Waals surface area contributed by atoms with Gasteiger partial charge in [-0.2, -0.15) is 0 Å². The quantitative estimate of drug-likeness (QED) is 0.722. The van der Waals surface area contributed by atoms with Crippen molar-refractivity contribution in [1.82, 2.24) is 9.55 Å². The smallest absolute Gasteiger partial charge is 0.128 e. The molecule has 0 amide bonds. The first kappa shape index (κ1) is 10.2. The van der Waals surface area contributed by atoms with Crippen LogP contribution in [-0.2, 0) is 5.54 Å². The summed E-state index contributed by atoms with van der Waals surface area (Å²) in [6.45, 7) is 4.27. The molecule has 1 atom stereocenters. The number of nitrogens with zero attached hydrogens (tertiary/aromatic N) is 2. The van der Waals surface area contributed by atoms with Crippen molar-refractivity contribution in [3.8, 4) is 0 Å². The lowest BCUT2D eigenvalue weighted by atomic mass is 10.2. The Balaban J connectivity index is 2.32. The third-order valence-corrected chi connectivity index (χ3v) is 3.65. The van der Waals surface area contributed by atoms with Crippen LogP contribution in [0.1, 0.15) is 37.9 Å². The number of alkyl halides is 1. The molecular formula is C13H15ClN2. The molecular weight excluding hydrogens is 220 g/mol. The van der Waals surface area contributed by atoms with Gasteiger partial charge < -0.3 is 4.57 Å². The predicted molar refractivity (Wildman–Crippen MR) is 66.9 cm³/mol. The van der Waals surface area contributed by atoms with Crippen molar-refractivity contribution in [2.24, 2.45) is 0 Å². The lowest BCUT2D eigenvalue weighted by molar-refractivity contribution is 0.522. The van der Waals surface area contributed by atoms with Crippen molar-refractivity contribution >= 4 is 22.6 Å². The lowest BCUT2D eigenvalue weighted by Gasteiger charge is -2.17. The van der Waals surface area contributed by atoms with Gasteiger partial charge in [0.05, 0.1) is 16.4 Å². The minimum Gasteiger partial charge on any atom is -0.321 e. The van der Waals surface area contributed by atoms with Crippen molar-refractivity contribution in [2.75, 3.05) is 0 Å². The minimum atomic E-state index is -0.0372. The molecule has 84 valence electrons. The van der Waals surface area contributed by atoms with Crippen molar-refractivity contribution < 1.29 is 0 Å². The zero-order chi connectivity index (χ0) is 11.3. The predicted octanol–water partition coefficient (Wildman–Crippen LogP) is 3.85. The highest BCUT2D eigenvalue weighted by atomic mass is 35.5. The van der Waals surface area contributed by atoms with E-state index in [1.807, 2.05) is 13.0 Å². The molecule has 1 fully saturated rings. The zero-order valence-corrected chi connectivity index (χ0v) is 10.3. The fourth-order valence-electron chi connectivity index (χ4n) is 2.28. The molecule has 2 nitrogen and oxygen atoms in total. The number of fused-ring (bicyclic) bond motifs is 1. The van der Waals surface area contributed by atoms with E-state index < -0.39 is 0 Å². The summed E-state index contributed by atoms with van der Waals surface area (Å²) in [7, 11) is 0. The second-order valence-corrected chi connectivity index (χ2v) is 5.56. The van der Waals surface area contributed by atoms with Crippen LogP contribution in [0.2, 0.25) is 0 Å². The van der Waals surface area contributed by atoms with Crippen molar-refractivity contribution in [3.63, 3.8) is 0 Å². The molecule has 1 saturated carbocycles. The second-order valence-electron chi connectivity index (χ2n) is 4.91. The molecule has 1 aromatic heterocycles. The largest absolute Gasteiger partial charge is 0.321 e. The summed E-state index contributed by atoms with van der Waals surface area (Å²) in [5.41, 5.74) is 2.51. The van der Waals surface area contributed by atoms with Crippen molar-refractivity contribution in [1.29, 1.82) is 0 Å². The average Bonchev–Trinajstić information content (AvgIpc) is 2.87. The summed E-state index contributed by atoms with van der Waals surface area (Å²) >= 11 is 6.23. The van der Waals surface area contributed by atoms with Gasteiger partial charge in [-0.1, -0.05) is 12.1 Å². The summed E-state index contributed by atoms with van der Waals surface area (Å²) in [6, 6.07) is 8.28. The van der Waals surface area contributed by atoms with Crippen LogP contribution in [0.5, 0.6) is 0 Å². The van der Waals surface area contributed by atoms with Gasteiger partial charge in [0, 0.05) is 5.54 Å². The number of rotatable bonds is 2. The van der Waals surface area contributed by atoms with E-state index in [9.17, 15) is 0 Å². The van der Waals surface area contributed by atoms with Gasteiger partial charge in [-0.25, -0.2) is 4.98 Å². The molecule has 0 aliphatic heterocycles. The molecule has 1 unspecified atom stereocenters. The van der Waals surface area contributed by atoms with E-state index in [0.29, 0.717) is 0 Å². The van der Waals surface area contributed by atoms with Crippen LogP contribution in [-0.4, -0.2) is 9.55 Å². The monoisotopic (exact) mass is 234 g/mol. The van der Waals surface area contributed by atoms with E-state index in [1.54, 1.807) is 0 Å². The Kier molecular flexibility index (Phi) is 2.05. The molecule has 3 rings (SSSR count). The SMILES string of the molecule is CC(Cl)c1nc2ccccc2n1C1(C)CC1. The number of para-hydroxylation sites is 2. The highest BCUT2D eigenvalue weighted by molar-refractivity contribution is 6.20. The van der Waals surface area contributed by atoms with Crippen LogP contribution in [0.3, 0.4) is 0 Å². The Morgan fingerprint density at radius 1 is 1.38 bits per heavy atom. The fraction of sp³-hybridized carbons (Fsp3) is 0.462. The molecule has 1 aliphatic rings. The first-order valence-corrected chi connectivity index (χ1v) is 6.17. The zero-order valence-electron chi connectivity index (χ0n) is 9.57. The summed E-state index contributed by atoms with van der Waals surface area (Å²) in [6.07, 6.45) is 2.45. The van der Waals surface area contributed by atoms with Crippen LogP contribution in [0, 0.1) is 0 Å². The highest BCUT2D eigenvalue weighted by Crippen LogP contribution is 2.46. The molecule has 1 aliphatic carbocycles. The number of benzene rings is 1. The molecule has 16 heavy (non-hydrogen) atoms. The van der Waals surface area contributed by atoms with E-state index >= 15 is 0 Å². The van der Waals surface area contributed by atoms with Crippen LogP contribution in [0.25, 0.3) is 11.0 Å². The van der Waals surface area contributed by atoms with E-state index in [1.165, 1.54) is 18.4 Å². The number of aromatic nitrogens is 2. The number of hydrogen-bond donors (Lipinski definition) is 0. The molecule has 0 saturated heterocycles. The Hall–Kier alpha value is -1.02. The lowest BCUT2D eigenvalue weighted by Crippen LogP contribution is -2.16. The molecule has 0 spiro atoms. The molecule has 0 bridgehead atoms. The summed E-state index contributed by atoms with van der Waals surface area (Å²) < 4.78 is 2.33. The molecule has 0 radical (unpaired) electrons. The maximum Gasteiger partial charge on any atom is 0.128 e. The normalized spacial score (nSPS) is 19.9. The highest BCUT2D eigenvalue weighted by Gasteiger charge is 2.42. The van der Waals surface area contributed by atoms with Gasteiger partial charge in [0.25, 0.3) is 0 Å². The van der Waals surface area contributed by atoms with Gasteiger partial charge in [-0.05, 0) is 38.8 Å². The fourth-order valence-corrected chi connectivity index (χ4v) is 2.43. The molecule has 1 aromatic carbocycles. The van der Waals surface area contributed by atoms with Crippen LogP contribution in [0.4, 0.5) is 0 Å². The Morgan fingerprint density at radius 2 is 2.06 bits per heavy atom. The second kappa shape index (κ2) is 3.24. The number of hydrogen-bond acceptors (Lipinski definition) is 1. The van der Waals surface area contributed by atoms with Crippen molar-refractivity contribution in [3.05, 3.63) is 30.1 Å². The Labute approximate surface area is 100 Å². The van der Waals surface area contributed by atoms with Gasteiger partial charge in [0.1, 0.15) is 5.82 Å². The summed E-state index contributed by atoms with van der Waals surface area (Å²) in [5, 5.41) is -0.0372. The van der Waals surface area contributed by atoms with Crippen molar-refractivity contribution in [2.45, 2.75) is 37.6 Å². The molecule has 2 aromatic rings. The van der Waals surface area contributed by atoms with E-state index in [2.05, 4.69) is 34.7 Å². The molecule has 1 heterocycles. The maximum absolute atomic E-state index is 6.23. The third kappa shape index (κ3) is 1.36. The standard InChI is InChI=1S/C13H15ClN2/c1-9(14)12-15-10-5-3-4-6-11(10)16(12)13(2)7-8-13/h3-6,9H,7-8H2,1-2H3. The minimum absolute atomic E-state index is 0.0372. The molecule has 0 N–H and O–H groups in total. The van der Waals surface area contributed by atoms with E-state index in [-0.39, 0.29) is 10.9 Å². The molecule has 3 heteroatoms. The van der Waals surface area contributed by atoms with Crippen LogP contribution in [0.15, 0.2) is 24.3 Å². The maximum atomic E-state index is 6.23. The van der Waals surface area contributed by atoms with E-state index in [4.69, 9.17) is 11.6 Å². The summed E-state index contributed by atoms with van der Waals surface area (Å²) in [5.74, 6) is 1.00. The van der Waals surface area contributed by atoms with Gasteiger partial charge in [0.15, 0.2) is 0 Å². The van der Waals surface area contributed by atoms with Crippen LogP contribution >= 0.6 is 11.6 Å². The average molecular weight is 235 g/mol. The first-order chi connectivity index (χ1) is 7.62. The summed E-state index contributed by atoms with van der Waals surface area (Å²) in [4.78, 5) is 4.65. The third-order valence-electron chi connectivity index (χ3n) is 3.46. The number of imidazole rings is 1. The van der Waals surface area contributed by atoms with E-state index in [0.717, 1.165) is 11.3 Å². The Morgan fingerprint density at radius 3 is 2.69 bits per heavy atom.